The Morgan fingerprint density at radius 3 is 2.89 bits per heavy atom. The van der Waals surface area contributed by atoms with E-state index in [0.717, 1.165) is 22.3 Å². The number of hydrogen-bond acceptors (Lipinski definition) is 3. The smallest absolute Gasteiger partial charge is 0.228 e. The van der Waals surface area contributed by atoms with Crippen LogP contribution in [0.5, 0.6) is 0 Å². The fourth-order valence-corrected chi connectivity index (χ4v) is 1.77. The molecule has 2 rings (SSSR count). The second kappa shape index (κ2) is 5.14. The van der Waals surface area contributed by atoms with Crippen LogP contribution in [0.15, 0.2) is 30.3 Å². The van der Waals surface area contributed by atoms with Crippen molar-refractivity contribution in [3.63, 3.8) is 0 Å². The highest BCUT2D eigenvalue weighted by molar-refractivity contribution is 6.01. The number of nitrogens with one attached hydrogen (secondary N) is 1. The molecule has 18 heavy (non-hydrogen) atoms. The highest BCUT2D eigenvalue weighted by Gasteiger charge is 2.12. The number of rotatable bonds is 3. The van der Waals surface area contributed by atoms with Crippen molar-refractivity contribution in [3.05, 3.63) is 36.0 Å². The zero-order valence-electron chi connectivity index (χ0n) is 10.6. The minimum atomic E-state index is -0.197. The third kappa shape index (κ3) is 2.49. The quantitative estimate of drug-likeness (QED) is 0.867. The third-order valence-electron chi connectivity index (χ3n) is 2.90. The number of benzene rings is 1. The number of amides is 1. The number of carbonyl (C=O) groups is 1. The number of fused-ring (bicyclic) bond motifs is 1. The third-order valence-corrected chi connectivity index (χ3v) is 2.90. The molecule has 1 amide bonds. The van der Waals surface area contributed by atoms with E-state index in [9.17, 15) is 4.79 Å². The van der Waals surface area contributed by atoms with E-state index in [-0.39, 0.29) is 11.8 Å². The molecule has 1 aromatic carbocycles. The molecule has 0 saturated carbocycles. The molecule has 0 saturated heterocycles. The second-order valence-electron chi connectivity index (χ2n) is 4.45. The van der Waals surface area contributed by atoms with Gasteiger partial charge >= 0.3 is 0 Å². The zero-order chi connectivity index (χ0) is 13.1. The van der Waals surface area contributed by atoms with E-state index in [2.05, 4.69) is 10.3 Å². The topological polar surface area (TPSA) is 68.0 Å². The average Bonchev–Trinajstić information content (AvgIpc) is 2.37. The normalized spacial score (nSPS) is 12.4. The molecule has 0 bridgehead atoms. The molecule has 2 aromatic rings. The van der Waals surface area contributed by atoms with Gasteiger partial charge in [0.15, 0.2) is 0 Å². The van der Waals surface area contributed by atoms with Crippen LogP contribution in [-0.2, 0) is 4.79 Å². The molecule has 1 atom stereocenters. The van der Waals surface area contributed by atoms with E-state index >= 15 is 0 Å². The van der Waals surface area contributed by atoms with Gasteiger partial charge in [-0.3, -0.25) is 9.78 Å². The maximum absolute atomic E-state index is 11.9. The van der Waals surface area contributed by atoms with Crippen LogP contribution in [0.1, 0.15) is 12.6 Å². The molecule has 4 heteroatoms. The first kappa shape index (κ1) is 12.5. The van der Waals surface area contributed by atoms with Crippen molar-refractivity contribution < 1.29 is 4.79 Å². The lowest BCUT2D eigenvalue weighted by Gasteiger charge is -2.12. The van der Waals surface area contributed by atoms with Gasteiger partial charge in [-0.1, -0.05) is 25.1 Å². The molecule has 0 aliphatic heterocycles. The second-order valence-corrected chi connectivity index (χ2v) is 4.45. The van der Waals surface area contributed by atoms with Gasteiger partial charge in [-0.15, -0.1) is 0 Å². The molecule has 0 spiro atoms. The Morgan fingerprint density at radius 2 is 2.17 bits per heavy atom. The zero-order valence-corrected chi connectivity index (χ0v) is 10.6. The van der Waals surface area contributed by atoms with Crippen molar-refractivity contribution in [3.8, 4) is 0 Å². The van der Waals surface area contributed by atoms with Crippen LogP contribution in [0.4, 0.5) is 5.69 Å². The van der Waals surface area contributed by atoms with E-state index in [4.69, 9.17) is 5.73 Å². The minimum absolute atomic E-state index is 0.0618. The Hall–Kier alpha value is -1.94. The number of anilines is 1. The first-order valence-corrected chi connectivity index (χ1v) is 5.99. The number of aryl methyl sites for hydroxylation is 1. The van der Waals surface area contributed by atoms with Crippen molar-refractivity contribution in [2.45, 2.75) is 13.8 Å². The Bertz CT molecular complexity index is 580. The van der Waals surface area contributed by atoms with Crippen molar-refractivity contribution in [2.24, 2.45) is 11.7 Å². The van der Waals surface area contributed by atoms with Gasteiger partial charge in [0.05, 0.1) is 11.2 Å². The summed E-state index contributed by atoms with van der Waals surface area (Å²) >= 11 is 0. The van der Waals surface area contributed by atoms with Crippen molar-refractivity contribution in [1.82, 2.24) is 4.98 Å². The van der Waals surface area contributed by atoms with Gasteiger partial charge in [-0.25, -0.2) is 0 Å². The van der Waals surface area contributed by atoms with Crippen LogP contribution >= 0.6 is 0 Å². The van der Waals surface area contributed by atoms with Gasteiger partial charge in [-0.2, -0.15) is 0 Å². The van der Waals surface area contributed by atoms with E-state index in [1.807, 2.05) is 44.2 Å². The lowest BCUT2D eigenvalue weighted by molar-refractivity contribution is -0.119. The largest absolute Gasteiger partial charge is 0.330 e. The van der Waals surface area contributed by atoms with Gasteiger partial charge in [0.25, 0.3) is 0 Å². The lowest BCUT2D eigenvalue weighted by atomic mass is 10.1. The van der Waals surface area contributed by atoms with Crippen LogP contribution < -0.4 is 11.1 Å². The van der Waals surface area contributed by atoms with Crippen LogP contribution in [-0.4, -0.2) is 17.4 Å². The van der Waals surface area contributed by atoms with Gasteiger partial charge < -0.3 is 11.1 Å². The summed E-state index contributed by atoms with van der Waals surface area (Å²) in [5.41, 5.74) is 8.05. The van der Waals surface area contributed by atoms with Gasteiger partial charge in [0, 0.05) is 23.5 Å². The highest BCUT2D eigenvalue weighted by atomic mass is 16.1. The van der Waals surface area contributed by atoms with Crippen LogP contribution in [0, 0.1) is 12.8 Å². The standard InChI is InChI=1S/C14H17N3O/c1-9(8-15)14(18)17-13-7-10(2)16-12-6-4-3-5-11(12)13/h3-7,9H,8,15H2,1-2H3,(H,16,17,18). The van der Waals surface area contributed by atoms with Gasteiger partial charge in [0.2, 0.25) is 5.91 Å². The van der Waals surface area contributed by atoms with Crippen LogP contribution in [0.2, 0.25) is 0 Å². The monoisotopic (exact) mass is 243 g/mol. The summed E-state index contributed by atoms with van der Waals surface area (Å²) in [6.07, 6.45) is 0. The molecule has 1 heterocycles. The molecule has 1 aromatic heterocycles. The molecule has 4 nitrogen and oxygen atoms in total. The Balaban J connectivity index is 2.41. The number of para-hydroxylation sites is 1. The first-order valence-electron chi connectivity index (χ1n) is 5.99. The predicted molar refractivity (Wildman–Crippen MR) is 73.3 cm³/mol. The maximum atomic E-state index is 11.9. The number of nitrogens with zero attached hydrogens (tertiary/aromatic N) is 1. The number of aromatic nitrogens is 1. The fraction of sp³-hybridized carbons (Fsp3) is 0.286. The summed E-state index contributed by atoms with van der Waals surface area (Å²) < 4.78 is 0. The van der Waals surface area contributed by atoms with E-state index in [1.165, 1.54) is 0 Å². The molecule has 0 fully saturated rings. The first-order chi connectivity index (χ1) is 8.61. The average molecular weight is 243 g/mol. The maximum Gasteiger partial charge on any atom is 0.228 e. The Kier molecular flexibility index (Phi) is 3.58. The molecule has 94 valence electrons. The summed E-state index contributed by atoms with van der Waals surface area (Å²) in [7, 11) is 0. The summed E-state index contributed by atoms with van der Waals surface area (Å²) in [5.74, 6) is -0.259. The minimum Gasteiger partial charge on any atom is -0.330 e. The molecular formula is C14H17N3O. The summed E-state index contributed by atoms with van der Waals surface area (Å²) in [6.45, 7) is 4.06. The molecule has 0 radical (unpaired) electrons. The molecular weight excluding hydrogens is 226 g/mol. The lowest BCUT2D eigenvalue weighted by Crippen LogP contribution is -2.26. The van der Waals surface area contributed by atoms with Crippen molar-refractivity contribution in [1.29, 1.82) is 0 Å². The molecule has 0 aliphatic rings. The summed E-state index contributed by atoms with van der Waals surface area (Å²) in [4.78, 5) is 16.3. The van der Waals surface area contributed by atoms with E-state index < -0.39 is 0 Å². The summed E-state index contributed by atoms with van der Waals surface area (Å²) in [6, 6.07) is 9.63. The van der Waals surface area contributed by atoms with Crippen molar-refractivity contribution in [2.75, 3.05) is 11.9 Å². The molecule has 3 N–H and O–H groups in total. The fourth-order valence-electron chi connectivity index (χ4n) is 1.77. The molecule has 0 aliphatic carbocycles. The number of carbonyl (C=O) groups excluding carboxylic acids is 1. The van der Waals surface area contributed by atoms with Crippen molar-refractivity contribution >= 4 is 22.5 Å². The predicted octanol–water partition coefficient (Wildman–Crippen LogP) is 2.08. The van der Waals surface area contributed by atoms with Gasteiger partial charge in [-0.05, 0) is 19.1 Å². The SMILES string of the molecule is Cc1cc(NC(=O)C(C)CN)c2ccccc2n1. The van der Waals surface area contributed by atoms with Crippen LogP contribution in [0.25, 0.3) is 10.9 Å². The number of pyridine rings is 1. The molecule has 1 unspecified atom stereocenters. The Morgan fingerprint density at radius 1 is 1.44 bits per heavy atom. The Labute approximate surface area is 106 Å². The number of nitrogens with two attached hydrogens (primary N) is 1. The van der Waals surface area contributed by atoms with E-state index in [0.29, 0.717) is 6.54 Å². The van der Waals surface area contributed by atoms with Crippen LogP contribution in [0.3, 0.4) is 0 Å². The van der Waals surface area contributed by atoms with E-state index in [1.54, 1.807) is 0 Å². The number of hydrogen-bond donors (Lipinski definition) is 2. The summed E-state index contributed by atoms with van der Waals surface area (Å²) in [5, 5.41) is 3.86. The van der Waals surface area contributed by atoms with Gasteiger partial charge in [0.1, 0.15) is 0 Å². The highest BCUT2D eigenvalue weighted by Crippen LogP contribution is 2.23.